The lowest BCUT2D eigenvalue weighted by molar-refractivity contribution is 0.299. The average Bonchev–Trinajstić information content (AvgIpc) is 2.30. The molecule has 1 aliphatic carbocycles. The number of hydrogen-bond acceptors (Lipinski definition) is 1. The van der Waals surface area contributed by atoms with Gasteiger partial charge in [-0.05, 0) is 43.0 Å². The first-order valence-electron chi connectivity index (χ1n) is 6.15. The second kappa shape index (κ2) is 4.77. The van der Waals surface area contributed by atoms with Gasteiger partial charge in [-0.25, -0.2) is 0 Å². The van der Waals surface area contributed by atoms with Crippen LogP contribution in [0.4, 0.5) is 0 Å². The first kappa shape index (κ1) is 11.9. The minimum absolute atomic E-state index is 0.215. The van der Waals surface area contributed by atoms with Gasteiger partial charge in [0.2, 0.25) is 0 Å². The van der Waals surface area contributed by atoms with Crippen LogP contribution < -0.4 is 5.73 Å². The standard InChI is InChI=1S/C14H20ClN/c1-11-9-12(15)5-6-13(11)14(10-16)7-3-2-4-8-14/h5-6,9H,2-4,7-8,10,16H2,1H3. The van der Waals surface area contributed by atoms with Crippen molar-refractivity contribution in [1.82, 2.24) is 0 Å². The molecule has 1 aliphatic rings. The van der Waals surface area contributed by atoms with E-state index in [0.717, 1.165) is 11.6 Å². The van der Waals surface area contributed by atoms with Crippen LogP contribution in [0, 0.1) is 6.92 Å². The summed E-state index contributed by atoms with van der Waals surface area (Å²) in [6, 6.07) is 6.23. The molecular formula is C14H20ClN. The summed E-state index contributed by atoms with van der Waals surface area (Å²) in [5.74, 6) is 0. The fraction of sp³-hybridized carbons (Fsp3) is 0.571. The maximum atomic E-state index is 6.04. The summed E-state index contributed by atoms with van der Waals surface area (Å²) in [5.41, 5.74) is 8.97. The molecule has 0 atom stereocenters. The van der Waals surface area contributed by atoms with E-state index in [-0.39, 0.29) is 5.41 Å². The second-order valence-corrected chi connectivity index (χ2v) is 5.44. The molecule has 0 radical (unpaired) electrons. The van der Waals surface area contributed by atoms with Crippen LogP contribution in [0.25, 0.3) is 0 Å². The lowest BCUT2D eigenvalue weighted by atomic mass is 9.68. The van der Waals surface area contributed by atoms with Crippen LogP contribution in [0.5, 0.6) is 0 Å². The lowest BCUT2D eigenvalue weighted by Gasteiger charge is -2.38. The van der Waals surface area contributed by atoms with Crippen LogP contribution in [0.15, 0.2) is 18.2 Å². The van der Waals surface area contributed by atoms with Gasteiger partial charge in [0.1, 0.15) is 0 Å². The van der Waals surface area contributed by atoms with Crippen LogP contribution >= 0.6 is 11.6 Å². The van der Waals surface area contributed by atoms with Crippen molar-refractivity contribution < 1.29 is 0 Å². The average molecular weight is 238 g/mol. The first-order valence-corrected chi connectivity index (χ1v) is 6.52. The molecule has 2 rings (SSSR count). The van der Waals surface area contributed by atoms with Crippen molar-refractivity contribution in [2.75, 3.05) is 6.54 Å². The summed E-state index contributed by atoms with van der Waals surface area (Å²) in [7, 11) is 0. The zero-order chi connectivity index (χ0) is 11.6. The fourth-order valence-electron chi connectivity index (χ4n) is 3.03. The number of aryl methyl sites for hydroxylation is 1. The van der Waals surface area contributed by atoms with Crippen LogP contribution in [0.1, 0.15) is 43.2 Å². The number of nitrogens with two attached hydrogens (primary N) is 1. The molecule has 0 unspecified atom stereocenters. The summed E-state index contributed by atoms with van der Waals surface area (Å²) in [4.78, 5) is 0. The monoisotopic (exact) mass is 237 g/mol. The molecule has 0 saturated heterocycles. The highest BCUT2D eigenvalue weighted by atomic mass is 35.5. The Morgan fingerprint density at radius 2 is 1.94 bits per heavy atom. The van der Waals surface area contributed by atoms with Gasteiger partial charge in [-0.15, -0.1) is 0 Å². The lowest BCUT2D eigenvalue weighted by Crippen LogP contribution is -2.37. The summed E-state index contributed by atoms with van der Waals surface area (Å²) in [6.07, 6.45) is 6.42. The molecule has 0 heterocycles. The van der Waals surface area contributed by atoms with Gasteiger partial charge in [-0.3, -0.25) is 0 Å². The summed E-state index contributed by atoms with van der Waals surface area (Å²) in [6.45, 7) is 2.91. The molecule has 1 aromatic carbocycles. The molecule has 0 aromatic heterocycles. The van der Waals surface area contributed by atoms with Crippen molar-refractivity contribution >= 4 is 11.6 Å². The molecule has 0 amide bonds. The number of rotatable bonds is 2. The first-order chi connectivity index (χ1) is 7.68. The van der Waals surface area contributed by atoms with E-state index < -0.39 is 0 Å². The third kappa shape index (κ3) is 2.11. The van der Waals surface area contributed by atoms with E-state index in [0.29, 0.717) is 0 Å². The van der Waals surface area contributed by atoms with E-state index in [1.807, 2.05) is 6.07 Å². The fourth-order valence-corrected chi connectivity index (χ4v) is 3.26. The summed E-state index contributed by atoms with van der Waals surface area (Å²) >= 11 is 6.01. The van der Waals surface area contributed by atoms with Gasteiger partial charge >= 0.3 is 0 Å². The Morgan fingerprint density at radius 1 is 1.25 bits per heavy atom. The van der Waals surface area contributed by atoms with E-state index in [1.165, 1.54) is 43.2 Å². The highest BCUT2D eigenvalue weighted by molar-refractivity contribution is 6.30. The molecule has 1 nitrogen and oxygen atoms in total. The third-order valence-electron chi connectivity index (χ3n) is 3.96. The Kier molecular flexibility index (Phi) is 3.56. The van der Waals surface area contributed by atoms with Gasteiger partial charge in [0.05, 0.1) is 0 Å². The van der Waals surface area contributed by atoms with Crippen LogP contribution in [0.3, 0.4) is 0 Å². The third-order valence-corrected chi connectivity index (χ3v) is 4.20. The Morgan fingerprint density at radius 3 is 2.50 bits per heavy atom. The van der Waals surface area contributed by atoms with Crippen molar-refractivity contribution in [3.63, 3.8) is 0 Å². The van der Waals surface area contributed by atoms with E-state index in [4.69, 9.17) is 17.3 Å². The highest BCUT2D eigenvalue weighted by Crippen LogP contribution is 2.40. The smallest absolute Gasteiger partial charge is 0.0408 e. The Balaban J connectivity index is 2.39. The van der Waals surface area contributed by atoms with Gasteiger partial charge in [0, 0.05) is 17.0 Å². The molecule has 2 heteroatoms. The van der Waals surface area contributed by atoms with Gasteiger partial charge in [-0.1, -0.05) is 36.9 Å². The molecule has 88 valence electrons. The van der Waals surface area contributed by atoms with Gasteiger partial charge in [0.15, 0.2) is 0 Å². The highest BCUT2D eigenvalue weighted by Gasteiger charge is 2.33. The molecule has 1 saturated carbocycles. The summed E-state index contributed by atoms with van der Waals surface area (Å²) in [5, 5.41) is 0.823. The minimum atomic E-state index is 0.215. The molecule has 16 heavy (non-hydrogen) atoms. The Labute approximate surface area is 103 Å². The Hall–Kier alpha value is -0.530. The zero-order valence-corrected chi connectivity index (χ0v) is 10.7. The van der Waals surface area contributed by atoms with Gasteiger partial charge in [-0.2, -0.15) is 0 Å². The van der Waals surface area contributed by atoms with Crippen LogP contribution in [-0.4, -0.2) is 6.54 Å². The summed E-state index contributed by atoms with van der Waals surface area (Å²) < 4.78 is 0. The minimum Gasteiger partial charge on any atom is -0.330 e. The van der Waals surface area contributed by atoms with Crippen molar-refractivity contribution in [1.29, 1.82) is 0 Å². The number of halogens is 1. The molecular weight excluding hydrogens is 218 g/mol. The van der Waals surface area contributed by atoms with Crippen molar-refractivity contribution in [3.05, 3.63) is 34.3 Å². The van der Waals surface area contributed by atoms with Crippen molar-refractivity contribution in [3.8, 4) is 0 Å². The number of benzene rings is 1. The normalized spacial score (nSPS) is 19.7. The van der Waals surface area contributed by atoms with E-state index in [2.05, 4.69) is 19.1 Å². The van der Waals surface area contributed by atoms with Gasteiger partial charge in [0.25, 0.3) is 0 Å². The van der Waals surface area contributed by atoms with E-state index in [1.54, 1.807) is 0 Å². The molecule has 0 aliphatic heterocycles. The quantitative estimate of drug-likeness (QED) is 0.832. The predicted octanol–water partition coefficient (Wildman–Crippen LogP) is 3.81. The molecule has 2 N–H and O–H groups in total. The largest absolute Gasteiger partial charge is 0.330 e. The van der Waals surface area contributed by atoms with E-state index in [9.17, 15) is 0 Å². The topological polar surface area (TPSA) is 26.0 Å². The zero-order valence-electron chi connectivity index (χ0n) is 9.93. The molecule has 1 aromatic rings. The SMILES string of the molecule is Cc1cc(Cl)ccc1C1(CN)CCCCC1. The van der Waals surface area contributed by atoms with Crippen molar-refractivity contribution in [2.45, 2.75) is 44.4 Å². The number of hydrogen-bond donors (Lipinski definition) is 1. The van der Waals surface area contributed by atoms with Crippen LogP contribution in [0.2, 0.25) is 5.02 Å². The predicted molar refractivity (Wildman–Crippen MR) is 70.0 cm³/mol. The van der Waals surface area contributed by atoms with E-state index >= 15 is 0 Å². The van der Waals surface area contributed by atoms with Gasteiger partial charge < -0.3 is 5.73 Å². The second-order valence-electron chi connectivity index (χ2n) is 5.00. The molecule has 0 bridgehead atoms. The maximum Gasteiger partial charge on any atom is 0.0408 e. The molecule has 0 spiro atoms. The van der Waals surface area contributed by atoms with Crippen LogP contribution in [-0.2, 0) is 5.41 Å². The van der Waals surface area contributed by atoms with Crippen molar-refractivity contribution in [2.24, 2.45) is 5.73 Å². The Bertz CT molecular complexity index is 367. The maximum absolute atomic E-state index is 6.04. The molecule has 1 fully saturated rings.